The highest BCUT2D eigenvalue weighted by molar-refractivity contribution is 7.99. The molecule has 0 saturated heterocycles. The summed E-state index contributed by atoms with van der Waals surface area (Å²) in [6, 6.07) is 17.5. The fraction of sp³-hybridized carbons (Fsp3) is 0.190. The van der Waals surface area contributed by atoms with Crippen molar-refractivity contribution in [2.24, 2.45) is 0 Å². The Morgan fingerprint density at radius 3 is 2.28 bits per heavy atom. The molecule has 0 aliphatic carbocycles. The van der Waals surface area contributed by atoms with E-state index in [-0.39, 0.29) is 5.78 Å². The van der Waals surface area contributed by atoms with E-state index < -0.39 is 0 Å². The molecular weight excluding hydrogens is 328 g/mol. The van der Waals surface area contributed by atoms with Crippen LogP contribution in [0.25, 0.3) is 11.3 Å². The Morgan fingerprint density at radius 1 is 0.880 bits per heavy atom. The smallest absolute Gasteiger partial charge is 0.173 e. The molecule has 0 unspecified atom stereocenters. The first-order valence-corrected chi connectivity index (χ1v) is 9.16. The SMILES string of the molecule is Cc1cc(C)c(-c2ccc(SCC(=O)c3ccccc3)nn2)cc1C. The van der Waals surface area contributed by atoms with Crippen LogP contribution < -0.4 is 0 Å². The van der Waals surface area contributed by atoms with Crippen LogP contribution >= 0.6 is 11.8 Å². The summed E-state index contributed by atoms with van der Waals surface area (Å²) in [7, 11) is 0. The minimum absolute atomic E-state index is 0.0986. The first-order valence-electron chi connectivity index (χ1n) is 8.17. The molecule has 126 valence electrons. The first kappa shape index (κ1) is 17.4. The van der Waals surface area contributed by atoms with Gasteiger partial charge in [0.2, 0.25) is 0 Å². The third-order valence-electron chi connectivity index (χ3n) is 4.20. The molecule has 0 amide bonds. The van der Waals surface area contributed by atoms with Crippen molar-refractivity contribution in [1.82, 2.24) is 10.2 Å². The summed E-state index contributed by atoms with van der Waals surface area (Å²) in [5.74, 6) is 0.460. The monoisotopic (exact) mass is 348 g/mol. The lowest BCUT2D eigenvalue weighted by Crippen LogP contribution is -2.02. The van der Waals surface area contributed by atoms with Crippen molar-refractivity contribution >= 4 is 17.5 Å². The van der Waals surface area contributed by atoms with Crippen molar-refractivity contribution in [3.05, 3.63) is 76.9 Å². The molecule has 3 nitrogen and oxygen atoms in total. The minimum Gasteiger partial charge on any atom is -0.293 e. The van der Waals surface area contributed by atoms with E-state index in [0.717, 1.165) is 21.8 Å². The molecule has 3 rings (SSSR count). The minimum atomic E-state index is 0.0986. The number of nitrogens with zero attached hydrogens (tertiary/aromatic N) is 2. The van der Waals surface area contributed by atoms with Gasteiger partial charge < -0.3 is 0 Å². The van der Waals surface area contributed by atoms with E-state index in [0.29, 0.717) is 5.75 Å². The first-order chi connectivity index (χ1) is 12.0. The van der Waals surface area contributed by atoms with Gasteiger partial charge in [-0.2, -0.15) is 0 Å². The van der Waals surface area contributed by atoms with Crippen LogP contribution in [0.15, 0.2) is 59.6 Å². The summed E-state index contributed by atoms with van der Waals surface area (Å²) < 4.78 is 0. The van der Waals surface area contributed by atoms with Gasteiger partial charge in [-0.25, -0.2) is 0 Å². The zero-order chi connectivity index (χ0) is 17.8. The molecule has 25 heavy (non-hydrogen) atoms. The Kier molecular flexibility index (Phi) is 5.29. The highest BCUT2D eigenvalue weighted by atomic mass is 32.2. The van der Waals surface area contributed by atoms with E-state index in [2.05, 4.69) is 43.1 Å². The van der Waals surface area contributed by atoms with E-state index in [1.807, 2.05) is 42.5 Å². The third-order valence-corrected chi connectivity index (χ3v) is 5.12. The van der Waals surface area contributed by atoms with E-state index >= 15 is 0 Å². The highest BCUT2D eigenvalue weighted by Crippen LogP contribution is 2.26. The van der Waals surface area contributed by atoms with Crippen LogP contribution in [0.4, 0.5) is 0 Å². The lowest BCUT2D eigenvalue weighted by molar-refractivity contribution is 0.102. The van der Waals surface area contributed by atoms with Gasteiger partial charge in [-0.15, -0.1) is 10.2 Å². The summed E-state index contributed by atoms with van der Waals surface area (Å²) in [5, 5.41) is 9.38. The van der Waals surface area contributed by atoms with Crippen LogP contribution in [0, 0.1) is 20.8 Å². The largest absolute Gasteiger partial charge is 0.293 e. The van der Waals surface area contributed by atoms with E-state index in [1.165, 1.54) is 28.5 Å². The number of carbonyl (C=O) groups is 1. The molecule has 4 heteroatoms. The molecule has 0 aliphatic rings. The van der Waals surface area contributed by atoms with Crippen molar-refractivity contribution in [2.45, 2.75) is 25.8 Å². The van der Waals surface area contributed by atoms with Gasteiger partial charge in [-0.05, 0) is 55.7 Å². The standard InChI is InChI=1S/C21H20N2OS/c1-14-11-16(3)18(12-15(14)2)19-9-10-21(23-22-19)25-13-20(24)17-7-5-4-6-8-17/h4-12H,13H2,1-3H3. The Bertz CT molecular complexity index is 890. The van der Waals surface area contributed by atoms with Gasteiger partial charge in [-0.1, -0.05) is 48.2 Å². The molecule has 0 N–H and O–H groups in total. The van der Waals surface area contributed by atoms with Crippen molar-refractivity contribution in [1.29, 1.82) is 0 Å². The van der Waals surface area contributed by atoms with E-state index in [1.54, 1.807) is 0 Å². The summed E-state index contributed by atoms with van der Waals surface area (Å²) in [4.78, 5) is 12.2. The van der Waals surface area contributed by atoms with Crippen LogP contribution in [0.5, 0.6) is 0 Å². The zero-order valence-electron chi connectivity index (χ0n) is 14.6. The average molecular weight is 348 g/mol. The van der Waals surface area contributed by atoms with Gasteiger partial charge >= 0.3 is 0 Å². The molecule has 2 aromatic carbocycles. The predicted octanol–water partition coefficient (Wildman–Crippen LogP) is 5.04. The highest BCUT2D eigenvalue weighted by Gasteiger charge is 2.09. The maximum absolute atomic E-state index is 12.2. The number of thioether (sulfide) groups is 1. The number of aryl methyl sites for hydroxylation is 3. The molecule has 0 aliphatic heterocycles. The number of benzene rings is 2. The van der Waals surface area contributed by atoms with E-state index in [4.69, 9.17) is 0 Å². The van der Waals surface area contributed by atoms with Crippen LogP contribution in [0.1, 0.15) is 27.0 Å². The number of carbonyl (C=O) groups excluding carboxylic acids is 1. The molecule has 3 aromatic rings. The molecule has 0 fully saturated rings. The lowest BCUT2D eigenvalue weighted by atomic mass is 9.99. The Morgan fingerprint density at radius 2 is 1.60 bits per heavy atom. The van der Waals surface area contributed by atoms with Gasteiger partial charge in [0.15, 0.2) is 5.78 Å². The number of aromatic nitrogens is 2. The molecule has 0 saturated carbocycles. The molecule has 0 atom stereocenters. The second-order valence-corrected chi connectivity index (χ2v) is 7.08. The van der Waals surface area contributed by atoms with Crippen molar-refractivity contribution in [2.75, 3.05) is 5.75 Å². The number of ketones is 1. The predicted molar refractivity (Wildman–Crippen MR) is 103 cm³/mol. The summed E-state index contributed by atoms with van der Waals surface area (Å²) in [6.07, 6.45) is 0. The maximum Gasteiger partial charge on any atom is 0.173 e. The lowest BCUT2D eigenvalue weighted by Gasteiger charge is -2.09. The normalized spacial score (nSPS) is 10.7. The van der Waals surface area contributed by atoms with Gasteiger partial charge in [0.05, 0.1) is 11.4 Å². The van der Waals surface area contributed by atoms with Crippen LogP contribution in [0.2, 0.25) is 0 Å². The molecule has 0 spiro atoms. The molecular formula is C21H20N2OS. The number of hydrogen-bond donors (Lipinski definition) is 0. The number of Topliss-reactive ketones (excluding diaryl/α,β-unsaturated/α-hetero) is 1. The maximum atomic E-state index is 12.2. The molecule has 1 aromatic heterocycles. The number of hydrogen-bond acceptors (Lipinski definition) is 4. The number of rotatable bonds is 5. The molecule has 0 radical (unpaired) electrons. The van der Waals surface area contributed by atoms with Gasteiger partial charge in [0, 0.05) is 11.1 Å². The summed E-state index contributed by atoms with van der Waals surface area (Å²) in [6.45, 7) is 6.30. The summed E-state index contributed by atoms with van der Waals surface area (Å²) in [5.41, 5.74) is 6.41. The van der Waals surface area contributed by atoms with Gasteiger partial charge in [0.25, 0.3) is 0 Å². The summed E-state index contributed by atoms with van der Waals surface area (Å²) >= 11 is 1.41. The van der Waals surface area contributed by atoms with Gasteiger partial charge in [-0.3, -0.25) is 4.79 Å². The van der Waals surface area contributed by atoms with Crippen molar-refractivity contribution in [3.63, 3.8) is 0 Å². The Balaban J connectivity index is 1.71. The topological polar surface area (TPSA) is 42.9 Å². The fourth-order valence-corrected chi connectivity index (χ4v) is 3.33. The van der Waals surface area contributed by atoms with E-state index in [9.17, 15) is 4.79 Å². The Hall–Kier alpha value is -2.46. The Labute approximate surface area is 152 Å². The second kappa shape index (κ2) is 7.62. The quantitative estimate of drug-likeness (QED) is 0.478. The average Bonchev–Trinajstić information content (AvgIpc) is 2.64. The molecule has 1 heterocycles. The van der Waals surface area contributed by atoms with Crippen LogP contribution in [-0.4, -0.2) is 21.7 Å². The van der Waals surface area contributed by atoms with Gasteiger partial charge in [0.1, 0.15) is 5.03 Å². The van der Waals surface area contributed by atoms with Crippen molar-refractivity contribution < 1.29 is 4.79 Å². The van der Waals surface area contributed by atoms with Crippen LogP contribution in [-0.2, 0) is 0 Å². The zero-order valence-corrected chi connectivity index (χ0v) is 15.4. The van der Waals surface area contributed by atoms with Crippen molar-refractivity contribution in [3.8, 4) is 11.3 Å². The second-order valence-electron chi connectivity index (χ2n) is 6.09. The fourth-order valence-electron chi connectivity index (χ4n) is 2.62. The van der Waals surface area contributed by atoms with Crippen LogP contribution in [0.3, 0.4) is 0 Å². The third kappa shape index (κ3) is 4.15. The molecule has 0 bridgehead atoms.